The number of amides is 1. The Hall–Kier alpha value is -0.610. The fourth-order valence-electron chi connectivity index (χ4n) is 1.94. The number of hydrogen-bond acceptors (Lipinski definition) is 3. The maximum Gasteiger partial charge on any atom is 0.237 e. The summed E-state index contributed by atoms with van der Waals surface area (Å²) >= 11 is 0. The van der Waals surface area contributed by atoms with Crippen LogP contribution in [0.5, 0.6) is 0 Å². The second kappa shape index (κ2) is 6.86. The van der Waals surface area contributed by atoms with Crippen LogP contribution in [0.1, 0.15) is 32.6 Å². The van der Waals surface area contributed by atoms with E-state index >= 15 is 0 Å². The van der Waals surface area contributed by atoms with E-state index in [0.29, 0.717) is 0 Å². The van der Waals surface area contributed by atoms with Gasteiger partial charge in [-0.2, -0.15) is 0 Å². The summed E-state index contributed by atoms with van der Waals surface area (Å²) in [7, 11) is 4.11. The number of rotatable bonds is 5. The molecule has 0 spiro atoms. The van der Waals surface area contributed by atoms with Crippen molar-refractivity contribution in [2.45, 2.75) is 44.7 Å². The largest absolute Gasteiger partial charge is 0.352 e. The third-order valence-electron chi connectivity index (χ3n) is 3.02. The Labute approximate surface area is 98.8 Å². The van der Waals surface area contributed by atoms with Gasteiger partial charge in [0.2, 0.25) is 5.91 Å². The molecule has 2 N–H and O–H groups in total. The summed E-state index contributed by atoms with van der Waals surface area (Å²) in [6.45, 7) is 4.06. The molecule has 1 rings (SSSR count). The molecule has 0 bridgehead atoms. The van der Waals surface area contributed by atoms with Gasteiger partial charge >= 0.3 is 0 Å². The molecular formula is C12H25N3O. The van der Waals surface area contributed by atoms with Crippen molar-refractivity contribution in [1.82, 2.24) is 15.5 Å². The molecule has 94 valence electrons. The van der Waals surface area contributed by atoms with Gasteiger partial charge < -0.3 is 15.5 Å². The van der Waals surface area contributed by atoms with E-state index in [1.54, 1.807) is 0 Å². The predicted octanol–water partition coefficient (Wildman–Crippen LogP) is 0.585. The quantitative estimate of drug-likeness (QED) is 0.722. The molecule has 0 aromatic carbocycles. The van der Waals surface area contributed by atoms with Crippen LogP contribution < -0.4 is 10.6 Å². The van der Waals surface area contributed by atoms with Crippen molar-refractivity contribution in [2.75, 3.05) is 27.2 Å². The van der Waals surface area contributed by atoms with Gasteiger partial charge in [-0.05, 0) is 53.4 Å². The third-order valence-corrected chi connectivity index (χ3v) is 3.02. The summed E-state index contributed by atoms with van der Waals surface area (Å²) in [5.74, 6) is 0.172. The highest BCUT2D eigenvalue weighted by Gasteiger charge is 2.21. The van der Waals surface area contributed by atoms with Crippen LogP contribution in [-0.2, 0) is 4.79 Å². The van der Waals surface area contributed by atoms with Gasteiger partial charge in [-0.1, -0.05) is 6.42 Å². The van der Waals surface area contributed by atoms with E-state index in [1.807, 2.05) is 0 Å². The van der Waals surface area contributed by atoms with E-state index < -0.39 is 0 Å². The van der Waals surface area contributed by atoms with Crippen LogP contribution in [0.2, 0.25) is 0 Å². The molecule has 1 saturated heterocycles. The van der Waals surface area contributed by atoms with Crippen molar-refractivity contribution in [1.29, 1.82) is 0 Å². The fourth-order valence-corrected chi connectivity index (χ4v) is 1.94. The topological polar surface area (TPSA) is 44.4 Å². The lowest BCUT2D eigenvalue weighted by Gasteiger charge is -2.25. The van der Waals surface area contributed by atoms with Gasteiger partial charge in [0.25, 0.3) is 0 Å². The van der Waals surface area contributed by atoms with Gasteiger partial charge in [-0.25, -0.2) is 0 Å². The molecule has 1 aliphatic rings. The highest BCUT2D eigenvalue weighted by molar-refractivity contribution is 5.82. The standard InChI is InChI=1S/C12H25N3O/c1-10(7-9-15(2)3)14-12(16)11-6-4-5-8-13-11/h10-11,13H,4-9H2,1-3H3,(H,14,16)/t10?,11-/m1/s1. The minimum atomic E-state index is 0.0376. The molecule has 16 heavy (non-hydrogen) atoms. The van der Waals surface area contributed by atoms with Gasteiger partial charge in [0.15, 0.2) is 0 Å². The molecule has 2 atom stereocenters. The predicted molar refractivity (Wildman–Crippen MR) is 66.4 cm³/mol. The van der Waals surface area contributed by atoms with Crippen LogP contribution in [0.4, 0.5) is 0 Å². The molecule has 1 amide bonds. The average Bonchev–Trinajstić information content (AvgIpc) is 2.27. The lowest BCUT2D eigenvalue weighted by molar-refractivity contribution is -0.124. The second-order valence-corrected chi connectivity index (χ2v) is 5.00. The molecule has 1 aliphatic heterocycles. The Bertz CT molecular complexity index is 212. The second-order valence-electron chi connectivity index (χ2n) is 5.00. The summed E-state index contributed by atoms with van der Waals surface area (Å²) in [5, 5.41) is 6.34. The van der Waals surface area contributed by atoms with Gasteiger partial charge in [0.1, 0.15) is 0 Å². The molecular weight excluding hydrogens is 202 g/mol. The van der Waals surface area contributed by atoms with Crippen LogP contribution in [0, 0.1) is 0 Å². The molecule has 1 heterocycles. The van der Waals surface area contributed by atoms with E-state index in [9.17, 15) is 4.79 Å². The minimum absolute atomic E-state index is 0.0376. The Balaban J connectivity index is 2.21. The Kier molecular flexibility index (Phi) is 5.77. The van der Waals surface area contributed by atoms with Crippen molar-refractivity contribution < 1.29 is 4.79 Å². The molecule has 0 saturated carbocycles. The molecule has 4 heteroatoms. The Morgan fingerprint density at radius 2 is 2.25 bits per heavy atom. The fraction of sp³-hybridized carbons (Fsp3) is 0.917. The first-order chi connectivity index (χ1) is 7.59. The summed E-state index contributed by atoms with van der Waals surface area (Å²) in [6, 6.07) is 0.300. The highest BCUT2D eigenvalue weighted by atomic mass is 16.2. The first-order valence-corrected chi connectivity index (χ1v) is 6.28. The van der Waals surface area contributed by atoms with Crippen LogP contribution in [0.3, 0.4) is 0 Å². The van der Waals surface area contributed by atoms with Crippen LogP contribution in [-0.4, -0.2) is 50.1 Å². The monoisotopic (exact) mass is 227 g/mol. The number of piperidine rings is 1. The first-order valence-electron chi connectivity index (χ1n) is 6.28. The van der Waals surface area contributed by atoms with Gasteiger partial charge in [0, 0.05) is 6.04 Å². The number of nitrogens with zero attached hydrogens (tertiary/aromatic N) is 1. The zero-order valence-corrected chi connectivity index (χ0v) is 10.8. The highest BCUT2D eigenvalue weighted by Crippen LogP contribution is 2.07. The molecule has 1 fully saturated rings. The minimum Gasteiger partial charge on any atom is -0.352 e. The summed E-state index contributed by atoms with van der Waals surface area (Å²) < 4.78 is 0. The Morgan fingerprint density at radius 3 is 2.81 bits per heavy atom. The van der Waals surface area contributed by atoms with Crippen LogP contribution in [0.25, 0.3) is 0 Å². The average molecular weight is 227 g/mol. The van der Waals surface area contributed by atoms with Crippen molar-refractivity contribution in [2.24, 2.45) is 0 Å². The summed E-state index contributed by atoms with van der Waals surface area (Å²) in [4.78, 5) is 14.0. The van der Waals surface area contributed by atoms with E-state index in [1.165, 1.54) is 6.42 Å². The molecule has 4 nitrogen and oxygen atoms in total. The zero-order chi connectivity index (χ0) is 12.0. The van der Waals surface area contributed by atoms with E-state index in [-0.39, 0.29) is 18.0 Å². The Morgan fingerprint density at radius 1 is 1.50 bits per heavy atom. The van der Waals surface area contributed by atoms with Crippen LogP contribution >= 0.6 is 0 Å². The molecule has 1 unspecified atom stereocenters. The third kappa shape index (κ3) is 4.94. The normalized spacial score (nSPS) is 23.1. The van der Waals surface area contributed by atoms with E-state index in [4.69, 9.17) is 0 Å². The van der Waals surface area contributed by atoms with Crippen molar-refractivity contribution in [3.63, 3.8) is 0 Å². The van der Waals surface area contributed by atoms with Gasteiger partial charge in [0.05, 0.1) is 6.04 Å². The van der Waals surface area contributed by atoms with Crippen molar-refractivity contribution in [3.8, 4) is 0 Å². The lowest BCUT2D eigenvalue weighted by Crippen LogP contribution is -2.49. The number of carbonyl (C=O) groups excluding carboxylic acids is 1. The smallest absolute Gasteiger partial charge is 0.237 e. The molecule has 0 aliphatic carbocycles. The molecule has 0 aromatic heterocycles. The number of carbonyl (C=O) groups is 1. The molecule has 0 aromatic rings. The number of hydrogen-bond donors (Lipinski definition) is 2. The maximum absolute atomic E-state index is 11.9. The SMILES string of the molecule is CC(CCN(C)C)NC(=O)[C@H]1CCCCN1. The van der Waals surface area contributed by atoms with Gasteiger partial charge in [-0.3, -0.25) is 4.79 Å². The van der Waals surface area contributed by atoms with E-state index in [2.05, 4.69) is 36.6 Å². The maximum atomic E-state index is 11.9. The van der Waals surface area contributed by atoms with Crippen molar-refractivity contribution >= 4 is 5.91 Å². The summed E-state index contributed by atoms with van der Waals surface area (Å²) in [5.41, 5.74) is 0. The summed E-state index contributed by atoms with van der Waals surface area (Å²) in [6.07, 6.45) is 4.34. The number of nitrogens with one attached hydrogen (secondary N) is 2. The lowest BCUT2D eigenvalue weighted by atomic mass is 10.0. The van der Waals surface area contributed by atoms with Crippen LogP contribution in [0.15, 0.2) is 0 Å². The molecule has 0 radical (unpaired) electrons. The zero-order valence-electron chi connectivity index (χ0n) is 10.8. The first kappa shape index (κ1) is 13.5. The van der Waals surface area contributed by atoms with Crippen molar-refractivity contribution in [3.05, 3.63) is 0 Å². The van der Waals surface area contributed by atoms with Gasteiger partial charge in [-0.15, -0.1) is 0 Å². The van der Waals surface area contributed by atoms with E-state index in [0.717, 1.165) is 32.4 Å².